The van der Waals surface area contributed by atoms with Gasteiger partial charge in [0.1, 0.15) is 17.5 Å². The second-order valence-electron chi connectivity index (χ2n) is 9.43. The molecule has 1 aliphatic carbocycles. The van der Waals surface area contributed by atoms with Crippen LogP contribution in [0.5, 0.6) is 11.6 Å². The van der Waals surface area contributed by atoms with Crippen LogP contribution in [0.4, 0.5) is 0 Å². The number of benzene rings is 1. The summed E-state index contributed by atoms with van der Waals surface area (Å²) in [5, 5.41) is 10.1. The molecule has 0 radical (unpaired) electrons. The summed E-state index contributed by atoms with van der Waals surface area (Å²) >= 11 is 6.35. The Balaban J connectivity index is 1.41. The van der Waals surface area contributed by atoms with Gasteiger partial charge >= 0.3 is 5.97 Å². The van der Waals surface area contributed by atoms with Gasteiger partial charge in [0, 0.05) is 11.6 Å². The van der Waals surface area contributed by atoms with Gasteiger partial charge in [0.25, 0.3) is 0 Å². The van der Waals surface area contributed by atoms with Crippen LogP contribution in [0.1, 0.15) is 60.7 Å². The van der Waals surface area contributed by atoms with Crippen molar-refractivity contribution < 1.29 is 19.4 Å². The van der Waals surface area contributed by atoms with Gasteiger partial charge in [0.05, 0.1) is 41.8 Å². The maximum Gasteiger partial charge on any atom is 0.306 e. The predicted octanol–water partition coefficient (Wildman–Crippen LogP) is 5.79. The van der Waals surface area contributed by atoms with E-state index in [9.17, 15) is 9.90 Å². The third-order valence-electron chi connectivity index (χ3n) is 7.08. The Hall–Kier alpha value is -3.19. The Morgan fingerprint density at radius 1 is 1.20 bits per heavy atom. The summed E-state index contributed by atoms with van der Waals surface area (Å²) in [4.78, 5) is 25.3. The first-order valence-corrected chi connectivity index (χ1v) is 12.3. The normalized spacial score (nSPS) is 18.8. The molecule has 3 atom stereocenters. The predicted molar refractivity (Wildman–Crippen MR) is 132 cm³/mol. The van der Waals surface area contributed by atoms with E-state index in [1.54, 1.807) is 32.5 Å². The number of aliphatic carboxylic acids is 1. The van der Waals surface area contributed by atoms with Crippen molar-refractivity contribution in [3.8, 4) is 22.9 Å². The fraction of sp³-hybridized carbons (Fsp3) is 0.407. The van der Waals surface area contributed by atoms with Gasteiger partial charge in [-0.15, -0.1) is 0 Å². The summed E-state index contributed by atoms with van der Waals surface area (Å²) in [6.07, 6.45) is 6.84. The molecule has 182 valence electrons. The Kier molecular flexibility index (Phi) is 6.36. The van der Waals surface area contributed by atoms with Crippen molar-refractivity contribution in [1.82, 2.24) is 15.0 Å². The average molecular weight is 494 g/mol. The second kappa shape index (κ2) is 9.46. The number of hydrogen-bond donors (Lipinski definition) is 1. The molecule has 1 aliphatic heterocycles. The highest BCUT2D eigenvalue weighted by Gasteiger charge is 2.39. The van der Waals surface area contributed by atoms with Crippen molar-refractivity contribution in [3.05, 3.63) is 64.2 Å². The first kappa shape index (κ1) is 23.5. The maximum absolute atomic E-state index is 11.7. The van der Waals surface area contributed by atoms with Crippen molar-refractivity contribution in [2.45, 2.75) is 51.6 Å². The fourth-order valence-electron chi connectivity index (χ4n) is 5.03. The molecule has 0 saturated heterocycles. The van der Waals surface area contributed by atoms with Crippen LogP contribution < -0.4 is 9.47 Å². The van der Waals surface area contributed by atoms with Crippen LogP contribution in [0.2, 0.25) is 5.02 Å². The lowest BCUT2D eigenvalue weighted by Gasteiger charge is -2.28. The number of fused-ring (bicyclic) bond motifs is 1. The molecule has 0 bridgehead atoms. The molecule has 3 heterocycles. The standard InChI is InChI=1S/C27H28ClN3O4/c1-14(27(32)33)25(17-5-6-17)18-7-4-16-8-9-22(35-23(16)10-18)26-15(2)31-21(13-30-26)19-11-24(34-3)29-12-20(19)28/h4,7,10-14,17,22,25H,5-6,8-9H2,1-3H3,(H,32,33)/t14-,22-,25-/m0/s1. The summed E-state index contributed by atoms with van der Waals surface area (Å²) in [7, 11) is 1.55. The minimum absolute atomic E-state index is 0.00434. The number of carboxylic acid groups (broad SMARTS) is 1. The smallest absolute Gasteiger partial charge is 0.306 e. The van der Waals surface area contributed by atoms with Crippen molar-refractivity contribution in [2.24, 2.45) is 11.8 Å². The number of aromatic nitrogens is 3. The van der Waals surface area contributed by atoms with Crippen molar-refractivity contribution in [2.75, 3.05) is 7.11 Å². The maximum atomic E-state index is 11.7. The van der Waals surface area contributed by atoms with E-state index in [0.29, 0.717) is 28.1 Å². The quantitative estimate of drug-likeness (QED) is 0.445. The molecule has 2 aliphatic rings. The summed E-state index contributed by atoms with van der Waals surface area (Å²) < 4.78 is 11.6. The lowest BCUT2D eigenvalue weighted by atomic mass is 9.82. The van der Waals surface area contributed by atoms with Crippen LogP contribution in [0, 0.1) is 18.8 Å². The molecule has 1 N–H and O–H groups in total. The van der Waals surface area contributed by atoms with Gasteiger partial charge in [-0.05, 0) is 61.6 Å². The molecule has 2 aromatic heterocycles. The van der Waals surface area contributed by atoms with E-state index in [0.717, 1.165) is 53.9 Å². The number of pyridine rings is 1. The van der Waals surface area contributed by atoms with E-state index in [4.69, 9.17) is 31.0 Å². The minimum atomic E-state index is -0.753. The molecule has 1 fully saturated rings. The molecule has 1 saturated carbocycles. The highest BCUT2D eigenvalue weighted by molar-refractivity contribution is 6.33. The third kappa shape index (κ3) is 4.69. The zero-order valence-electron chi connectivity index (χ0n) is 20.0. The highest BCUT2D eigenvalue weighted by atomic mass is 35.5. The van der Waals surface area contributed by atoms with E-state index >= 15 is 0 Å². The van der Waals surface area contributed by atoms with Crippen LogP contribution in [-0.2, 0) is 11.2 Å². The van der Waals surface area contributed by atoms with Gasteiger partial charge in [-0.25, -0.2) is 9.97 Å². The van der Waals surface area contributed by atoms with Crippen molar-refractivity contribution in [1.29, 1.82) is 0 Å². The molecule has 0 spiro atoms. The van der Waals surface area contributed by atoms with Gasteiger partial charge in [-0.3, -0.25) is 9.78 Å². The zero-order chi connectivity index (χ0) is 24.7. The van der Waals surface area contributed by atoms with E-state index in [1.807, 2.05) is 13.0 Å². The number of carbonyl (C=O) groups is 1. The third-order valence-corrected chi connectivity index (χ3v) is 7.39. The van der Waals surface area contributed by atoms with Crippen LogP contribution in [0.25, 0.3) is 11.3 Å². The molecule has 1 aromatic carbocycles. The minimum Gasteiger partial charge on any atom is -0.484 e. The molecular weight excluding hydrogens is 466 g/mol. The van der Waals surface area contributed by atoms with Crippen LogP contribution in [-0.4, -0.2) is 33.1 Å². The van der Waals surface area contributed by atoms with Crippen LogP contribution in [0.15, 0.2) is 36.7 Å². The number of rotatable bonds is 7. The molecule has 3 aromatic rings. The Morgan fingerprint density at radius 2 is 2.00 bits per heavy atom. The number of hydrogen-bond acceptors (Lipinski definition) is 6. The Morgan fingerprint density at radius 3 is 2.69 bits per heavy atom. The lowest BCUT2D eigenvalue weighted by Crippen LogP contribution is -2.22. The van der Waals surface area contributed by atoms with Crippen LogP contribution >= 0.6 is 11.6 Å². The topological polar surface area (TPSA) is 94.4 Å². The van der Waals surface area contributed by atoms with Crippen molar-refractivity contribution >= 4 is 17.6 Å². The monoisotopic (exact) mass is 493 g/mol. The number of methoxy groups -OCH3 is 1. The zero-order valence-corrected chi connectivity index (χ0v) is 20.7. The molecule has 5 rings (SSSR count). The molecule has 7 nitrogen and oxygen atoms in total. The van der Waals surface area contributed by atoms with E-state index in [1.165, 1.54) is 0 Å². The Bertz CT molecular complexity index is 1280. The second-order valence-corrected chi connectivity index (χ2v) is 9.84. The Labute approximate surface area is 209 Å². The average Bonchev–Trinajstić information content (AvgIpc) is 3.69. The number of carboxylic acids is 1. The number of halogens is 1. The highest BCUT2D eigenvalue weighted by Crippen LogP contribution is 2.48. The van der Waals surface area contributed by atoms with Gasteiger partial charge < -0.3 is 14.6 Å². The first-order valence-electron chi connectivity index (χ1n) is 11.9. The summed E-state index contributed by atoms with van der Waals surface area (Å²) in [6.45, 7) is 3.73. The lowest BCUT2D eigenvalue weighted by molar-refractivity contribution is -0.142. The molecule has 0 unspecified atom stereocenters. The largest absolute Gasteiger partial charge is 0.484 e. The number of ether oxygens (including phenoxy) is 2. The number of aryl methyl sites for hydroxylation is 2. The van der Waals surface area contributed by atoms with E-state index < -0.39 is 11.9 Å². The van der Waals surface area contributed by atoms with Gasteiger partial charge in [-0.2, -0.15) is 0 Å². The fourth-order valence-corrected chi connectivity index (χ4v) is 5.23. The van der Waals surface area contributed by atoms with Gasteiger partial charge in [0.15, 0.2) is 0 Å². The van der Waals surface area contributed by atoms with Crippen molar-refractivity contribution in [3.63, 3.8) is 0 Å². The van der Waals surface area contributed by atoms with E-state index in [-0.39, 0.29) is 12.0 Å². The SMILES string of the molecule is COc1cc(-c2cnc([C@@H]3CCc4ccc([C@H](C5CC5)[C@H](C)C(=O)O)cc4O3)c(C)n2)c(Cl)cn1. The van der Waals surface area contributed by atoms with Crippen LogP contribution in [0.3, 0.4) is 0 Å². The molecular formula is C27H28ClN3O4. The number of nitrogens with zero attached hydrogens (tertiary/aromatic N) is 3. The first-order chi connectivity index (χ1) is 16.9. The molecule has 0 amide bonds. The summed E-state index contributed by atoms with van der Waals surface area (Å²) in [6, 6.07) is 7.96. The summed E-state index contributed by atoms with van der Waals surface area (Å²) in [5.74, 6) is 0.518. The summed E-state index contributed by atoms with van der Waals surface area (Å²) in [5.41, 5.74) is 5.10. The molecule has 35 heavy (non-hydrogen) atoms. The van der Waals surface area contributed by atoms with E-state index in [2.05, 4.69) is 17.1 Å². The molecule has 8 heteroatoms. The van der Waals surface area contributed by atoms with Gasteiger partial charge in [-0.1, -0.05) is 30.7 Å². The van der Waals surface area contributed by atoms with Gasteiger partial charge in [0.2, 0.25) is 5.88 Å².